The van der Waals surface area contributed by atoms with Gasteiger partial charge in [-0.2, -0.15) is 0 Å². The van der Waals surface area contributed by atoms with Crippen LogP contribution >= 0.6 is 11.6 Å². The number of hydrogen-bond donors (Lipinski definition) is 1. The number of aryl methyl sites for hydroxylation is 1. The molecule has 1 fully saturated rings. The zero-order chi connectivity index (χ0) is 20.7. The second kappa shape index (κ2) is 7.81. The number of aromatic nitrogens is 1. The van der Waals surface area contributed by atoms with Crippen molar-refractivity contribution in [3.05, 3.63) is 63.5 Å². The van der Waals surface area contributed by atoms with Crippen molar-refractivity contribution in [1.82, 2.24) is 9.88 Å². The molecule has 8 heteroatoms. The van der Waals surface area contributed by atoms with E-state index in [4.69, 9.17) is 20.4 Å². The maximum Gasteiger partial charge on any atom is 0.417 e. The molecule has 0 aliphatic carbocycles. The van der Waals surface area contributed by atoms with Crippen LogP contribution < -0.4 is 10.7 Å². The van der Waals surface area contributed by atoms with Gasteiger partial charge in [0.15, 0.2) is 5.58 Å². The van der Waals surface area contributed by atoms with E-state index in [1.165, 1.54) is 12.1 Å². The Kier molecular flexibility index (Phi) is 5.00. The average Bonchev–Trinajstić information content (AvgIpc) is 3.30. The van der Waals surface area contributed by atoms with Crippen molar-refractivity contribution in [2.75, 3.05) is 37.6 Å². The molecule has 1 aliphatic heterocycles. The number of nitrogens with zero attached hydrogens (tertiary/aromatic N) is 2. The first-order chi connectivity index (χ1) is 14.6. The molecule has 6 nitrogen and oxygen atoms in total. The number of piperazine rings is 1. The molecule has 0 saturated carbocycles. The smallest absolute Gasteiger partial charge is 0.417 e. The van der Waals surface area contributed by atoms with Crippen LogP contribution in [-0.2, 0) is 6.42 Å². The van der Waals surface area contributed by atoms with Crippen LogP contribution in [0.1, 0.15) is 12.0 Å². The van der Waals surface area contributed by atoms with Gasteiger partial charge < -0.3 is 13.7 Å². The van der Waals surface area contributed by atoms with Crippen LogP contribution in [0.3, 0.4) is 0 Å². The van der Waals surface area contributed by atoms with Crippen LogP contribution in [0.15, 0.2) is 50.2 Å². The minimum Gasteiger partial charge on any atom is -0.464 e. The van der Waals surface area contributed by atoms with Gasteiger partial charge in [-0.25, -0.2) is 9.18 Å². The van der Waals surface area contributed by atoms with Gasteiger partial charge in [-0.1, -0.05) is 11.6 Å². The summed E-state index contributed by atoms with van der Waals surface area (Å²) in [5.74, 6) is -0.714. The van der Waals surface area contributed by atoms with Crippen molar-refractivity contribution >= 4 is 39.4 Å². The molecule has 1 saturated heterocycles. The van der Waals surface area contributed by atoms with Gasteiger partial charge in [-0.15, -0.1) is 0 Å². The topological polar surface area (TPSA) is 65.6 Å². The molecular weight excluding hydrogens is 409 g/mol. The predicted molar refractivity (Wildman–Crippen MR) is 115 cm³/mol. The van der Waals surface area contributed by atoms with Crippen LogP contribution in [0.5, 0.6) is 0 Å². The summed E-state index contributed by atoms with van der Waals surface area (Å²) < 4.78 is 24.4. The van der Waals surface area contributed by atoms with Gasteiger partial charge in [0.25, 0.3) is 0 Å². The van der Waals surface area contributed by atoms with Gasteiger partial charge in [0.05, 0.1) is 17.5 Å². The first-order valence-electron chi connectivity index (χ1n) is 10.0. The maximum atomic E-state index is 13.5. The molecule has 156 valence electrons. The Morgan fingerprint density at radius 1 is 1.13 bits per heavy atom. The van der Waals surface area contributed by atoms with E-state index < -0.39 is 5.76 Å². The van der Waals surface area contributed by atoms with E-state index in [-0.39, 0.29) is 5.82 Å². The van der Waals surface area contributed by atoms with Crippen molar-refractivity contribution in [2.45, 2.75) is 12.8 Å². The highest BCUT2D eigenvalue weighted by Gasteiger charge is 2.21. The fraction of sp³-hybridized carbons (Fsp3) is 0.318. The second-order valence-corrected chi connectivity index (χ2v) is 8.09. The number of hydrogen-bond acceptors (Lipinski definition) is 5. The molecular formula is C22H21ClFN3O3. The third-order valence-electron chi connectivity index (χ3n) is 5.71. The monoisotopic (exact) mass is 429 g/mol. The Hall–Kier alpha value is -2.77. The Bertz CT molecular complexity index is 1250. The lowest BCUT2D eigenvalue weighted by Crippen LogP contribution is -2.46. The molecule has 0 unspecified atom stereocenters. The predicted octanol–water partition coefficient (Wildman–Crippen LogP) is 4.41. The molecule has 0 spiro atoms. The zero-order valence-electron chi connectivity index (χ0n) is 16.3. The van der Waals surface area contributed by atoms with Gasteiger partial charge in [-0.05, 0) is 55.3 Å². The molecule has 30 heavy (non-hydrogen) atoms. The van der Waals surface area contributed by atoms with Crippen molar-refractivity contribution in [2.24, 2.45) is 0 Å². The van der Waals surface area contributed by atoms with Gasteiger partial charge in [0, 0.05) is 36.6 Å². The highest BCUT2D eigenvalue weighted by Crippen LogP contribution is 2.30. The third-order valence-corrected chi connectivity index (χ3v) is 5.93. The fourth-order valence-corrected chi connectivity index (χ4v) is 4.41. The summed E-state index contributed by atoms with van der Waals surface area (Å²) in [7, 11) is 0. The fourth-order valence-electron chi connectivity index (χ4n) is 4.20. The molecule has 3 heterocycles. The largest absolute Gasteiger partial charge is 0.464 e. The summed E-state index contributed by atoms with van der Waals surface area (Å²) in [4.78, 5) is 18.9. The van der Waals surface area contributed by atoms with Crippen LogP contribution in [0.25, 0.3) is 22.1 Å². The van der Waals surface area contributed by atoms with Crippen molar-refractivity contribution in [3.8, 4) is 0 Å². The first-order valence-corrected chi connectivity index (χ1v) is 10.4. The average molecular weight is 430 g/mol. The lowest BCUT2D eigenvalue weighted by molar-refractivity contribution is 0.255. The number of fused-ring (bicyclic) bond motifs is 2. The maximum absolute atomic E-state index is 13.5. The Balaban J connectivity index is 1.20. The van der Waals surface area contributed by atoms with Crippen molar-refractivity contribution in [1.29, 1.82) is 0 Å². The van der Waals surface area contributed by atoms with E-state index in [1.54, 1.807) is 18.4 Å². The number of oxazole rings is 1. The van der Waals surface area contributed by atoms with Gasteiger partial charge in [-0.3, -0.25) is 9.88 Å². The first kappa shape index (κ1) is 19.2. The van der Waals surface area contributed by atoms with Crippen molar-refractivity contribution < 1.29 is 13.2 Å². The lowest BCUT2D eigenvalue weighted by Gasteiger charge is -2.36. The highest BCUT2D eigenvalue weighted by molar-refractivity contribution is 6.31. The van der Waals surface area contributed by atoms with Crippen LogP contribution in [0.4, 0.5) is 10.1 Å². The van der Waals surface area contributed by atoms with Crippen LogP contribution in [-0.4, -0.2) is 42.6 Å². The number of halogens is 2. The molecule has 0 bridgehead atoms. The number of rotatable bonds is 5. The SMILES string of the molecule is O=c1[nH]c2cc(Cl)cc(N3CCN(CCCc4coc5ccc(F)cc45)CC3)c2o1. The van der Waals surface area contributed by atoms with Crippen LogP contribution in [0.2, 0.25) is 5.02 Å². The number of anilines is 1. The molecule has 5 rings (SSSR count). The molecule has 1 aliphatic rings. The molecule has 4 aromatic rings. The van der Waals surface area contributed by atoms with Crippen molar-refractivity contribution in [3.63, 3.8) is 0 Å². The normalized spacial score (nSPS) is 15.5. The summed E-state index contributed by atoms with van der Waals surface area (Å²) in [6.45, 7) is 4.42. The lowest BCUT2D eigenvalue weighted by atomic mass is 10.1. The molecule has 0 amide bonds. The summed E-state index contributed by atoms with van der Waals surface area (Å²) >= 11 is 6.22. The van der Waals surface area contributed by atoms with E-state index in [9.17, 15) is 9.18 Å². The third kappa shape index (κ3) is 3.70. The van der Waals surface area contributed by atoms with E-state index in [0.717, 1.165) is 67.8 Å². The number of furan rings is 1. The van der Waals surface area contributed by atoms with E-state index in [0.29, 0.717) is 16.1 Å². The van der Waals surface area contributed by atoms with Gasteiger partial charge in [0.1, 0.15) is 11.4 Å². The summed E-state index contributed by atoms with van der Waals surface area (Å²) in [5, 5.41) is 1.43. The van der Waals surface area contributed by atoms with E-state index in [1.807, 2.05) is 6.07 Å². The quantitative estimate of drug-likeness (QED) is 0.509. The Labute approximate surface area is 176 Å². The van der Waals surface area contributed by atoms with E-state index >= 15 is 0 Å². The van der Waals surface area contributed by atoms with Gasteiger partial charge in [0.2, 0.25) is 0 Å². The molecule has 0 radical (unpaired) electrons. The number of benzene rings is 2. The molecule has 2 aromatic heterocycles. The number of nitrogens with one attached hydrogen (secondary N) is 1. The zero-order valence-corrected chi connectivity index (χ0v) is 17.0. The number of H-pyrrole nitrogens is 1. The van der Waals surface area contributed by atoms with Crippen LogP contribution in [0, 0.1) is 5.82 Å². The Morgan fingerprint density at radius 2 is 1.97 bits per heavy atom. The molecule has 1 N–H and O–H groups in total. The summed E-state index contributed by atoms with van der Waals surface area (Å²) in [6, 6.07) is 8.18. The minimum absolute atomic E-state index is 0.241. The summed E-state index contributed by atoms with van der Waals surface area (Å²) in [5.41, 5.74) is 3.80. The minimum atomic E-state index is -0.473. The summed E-state index contributed by atoms with van der Waals surface area (Å²) in [6.07, 6.45) is 3.55. The van der Waals surface area contributed by atoms with E-state index in [2.05, 4.69) is 14.8 Å². The second-order valence-electron chi connectivity index (χ2n) is 7.65. The Morgan fingerprint density at radius 3 is 2.80 bits per heavy atom. The highest BCUT2D eigenvalue weighted by atomic mass is 35.5. The molecule has 0 atom stereocenters. The molecule has 2 aromatic carbocycles. The number of aromatic amines is 1. The van der Waals surface area contributed by atoms with Gasteiger partial charge >= 0.3 is 5.76 Å². The standard InChI is InChI=1S/C22H21ClFN3O3/c23-15-10-18-21(30-22(28)25-18)19(11-15)27-8-6-26(7-9-27)5-1-2-14-13-29-20-4-3-16(24)12-17(14)20/h3-4,10-13H,1-2,5-9H2,(H,25,28).